The highest BCUT2D eigenvalue weighted by Gasteiger charge is 2.10. The Labute approximate surface area is 117 Å². The lowest BCUT2D eigenvalue weighted by molar-refractivity contribution is 0.184. The molecule has 18 heavy (non-hydrogen) atoms. The van der Waals surface area contributed by atoms with Gasteiger partial charge in [0.25, 0.3) is 0 Å². The van der Waals surface area contributed by atoms with Crippen LogP contribution in [0.1, 0.15) is 26.7 Å². The fourth-order valence-electron chi connectivity index (χ4n) is 1.45. The van der Waals surface area contributed by atoms with Crippen molar-refractivity contribution >= 4 is 27.7 Å². The minimum absolute atomic E-state index is 0.250. The van der Waals surface area contributed by atoms with Crippen LogP contribution < -0.4 is 10.6 Å². The van der Waals surface area contributed by atoms with E-state index < -0.39 is 0 Å². The average molecular weight is 317 g/mol. The standard InChI is InChI=1S/C12H21BrN4O/c1-4-6-14-12-15-7-10(13)11(17-12)16-9(5-2)8-18-3/h7,9H,4-6,8H2,1-3H3,(H2,14,15,16,17). The fraction of sp³-hybridized carbons (Fsp3) is 0.667. The van der Waals surface area contributed by atoms with Gasteiger partial charge < -0.3 is 15.4 Å². The van der Waals surface area contributed by atoms with Crippen LogP contribution in [0.3, 0.4) is 0 Å². The van der Waals surface area contributed by atoms with Crippen molar-refractivity contribution in [2.45, 2.75) is 32.7 Å². The van der Waals surface area contributed by atoms with Gasteiger partial charge in [-0.05, 0) is 28.8 Å². The van der Waals surface area contributed by atoms with Crippen LogP contribution in [0.4, 0.5) is 11.8 Å². The molecular formula is C12H21BrN4O. The maximum atomic E-state index is 5.17. The zero-order valence-electron chi connectivity index (χ0n) is 11.2. The second-order valence-electron chi connectivity index (χ2n) is 4.02. The number of methoxy groups -OCH3 is 1. The number of anilines is 2. The minimum atomic E-state index is 0.250. The smallest absolute Gasteiger partial charge is 0.224 e. The minimum Gasteiger partial charge on any atom is -0.383 e. The van der Waals surface area contributed by atoms with Crippen molar-refractivity contribution in [3.05, 3.63) is 10.7 Å². The van der Waals surface area contributed by atoms with Crippen LogP contribution >= 0.6 is 15.9 Å². The van der Waals surface area contributed by atoms with Crippen LogP contribution in [0, 0.1) is 0 Å². The highest BCUT2D eigenvalue weighted by Crippen LogP contribution is 2.21. The number of nitrogens with one attached hydrogen (secondary N) is 2. The molecule has 0 aliphatic rings. The second kappa shape index (κ2) is 8.26. The van der Waals surface area contributed by atoms with Gasteiger partial charge in [-0.2, -0.15) is 4.98 Å². The molecule has 6 heteroatoms. The Bertz CT molecular complexity index is 362. The summed E-state index contributed by atoms with van der Waals surface area (Å²) in [4.78, 5) is 8.66. The van der Waals surface area contributed by atoms with Crippen LogP contribution in [-0.2, 0) is 4.74 Å². The average Bonchev–Trinajstić information content (AvgIpc) is 2.38. The SMILES string of the molecule is CCCNc1ncc(Br)c(NC(CC)COC)n1. The van der Waals surface area contributed by atoms with E-state index in [1.54, 1.807) is 13.3 Å². The van der Waals surface area contributed by atoms with Gasteiger partial charge in [-0.15, -0.1) is 0 Å². The summed E-state index contributed by atoms with van der Waals surface area (Å²) in [6, 6.07) is 0.250. The molecule has 1 heterocycles. The van der Waals surface area contributed by atoms with Gasteiger partial charge in [0.1, 0.15) is 5.82 Å². The number of nitrogens with zero attached hydrogens (tertiary/aromatic N) is 2. The van der Waals surface area contributed by atoms with Gasteiger partial charge in [-0.1, -0.05) is 13.8 Å². The maximum absolute atomic E-state index is 5.17. The molecule has 0 fully saturated rings. The number of rotatable bonds is 8. The summed E-state index contributed by atoms with van der Waals surface area (Å²) in [5.41, 5.74) is 0. The molecule has 0 aromatic carbocycles. The third-order valence-electron chi connectivity index (χ3n) is 2.48. The van der Waals surface area contributed by atoms with Gasteiger partial charge in [0.15, 0.2) is 0 Å². The van der Waals surface area contributed by atoms with E-state index >= 15 is 0 Å². The Morgan fingerprint density at radius 2 is 2.22 bits per heavy atom. The maximum Gasteiger partial charge on any atom is 0.224 e. The molecule has 0 bridgehead atoms. The molecule has 102 valence electrons. The zero-order valence-corrected chi connectivity index (χ0v) is 12.7. The van der Waals surface area contributed by atoms with Gasteiger partial charge in [-0.3, -0.25) is 0 Å². The molecule has 1 atom stereocenters. The van der Waals surface area contributed by atoms with Crippen molar-refractivity contribution in [1.82, 2.24) is 9.97 Å². The van der Waals surface area contributed by atoms with Crippen molar-refractivity contribution < 1.29 is 4.74 Å². The Kier molecular flexibility index (Phi) is 6.97. The van der Waals surface area contributed by atoms with Crippen molar-refractivity contribution in [2.75, 3.05) is 30.9 Å². The Morgan fingerprint density at radius 1 is 1.44 bits per heavy atom. The van der Waals surface area contributed by atoms with Gasteiger partial charge in [-0.25, -0.2) is 4.98 Å². The highest BCUT2D eigenvalue weighted by molar-refractivity contribution is 9.10. The summed E-state index contributed by atoms with van der Waals surface area (Å²) in [6.07, 6.45) is 3.78. The summed E-state index contributed by atoms with van der Waals surface area (Å²) < 4.78 is 6.03. The summed E-state index contributed by atoms with van der Waals surface area (Å²) >= 11 is 3.45. The predicted molar refractivity (Wildman–Crippen MR) is 78.1 cm³/mol. The summed E-state index contributed by atoms with van der Waals surface area (Å²) in [5.74, 6) is 1.45. The van der Waals surface area contributed by atoms with E-state index in [-0.39, 0.29) is 6.04 Å². The molecule has 5 nitrogen and oxygen atoms in total. The van der Waals surface area contributed by atoms with Crippen molar-refractivity contribution in [3.63, 3.8) is 0 Å². The molecule has 0 amide bonds. The Hall–Kier alpha value is -0.880. The van der Waals surface area contributed by atoms with Crippen LogP contribution in [0.15, 0.2) is 10.7 Å². The van der Waals surface area contributed by atoms with E-state index in [9.17, 15) is 0 Å². The van der Waals surface area contributed by atoms with Crippen molar-refractivity contribution in [1.29, 1.82) is 0 Å². The quantitative estimate of drug-likeness (QED) is 0.772. The van der Waals surface area contributed by atoms with Crippen LogP contribution in [0.25, 0.3) is 0 Å². The lowest BCUT2D eigenvalue weighted by Crippen LogP contribution is -2.25. The highest BCUT2D eigenvalue weighted by atomic mass is 79.9. The Morgan fingerprint density at radius 3 is 2.83 bits per heavy atom. The van der Waals surface area contributed by atoms with E-state index in [1.165, 1.54) is 0 Å². The van der Waals surface area contributed by atoms with Gasteiger partial charge in [0, 0.05) is 19.9 Å². The zero-order chi connectivity index (χ0) is 13.4. The normalized spacial score (nSPS) is 12.2. The first-order chi connectivity index (χ1) is 8.71. The topological polar surface area (TPSA) is 59.1 Å². The molecule has 0 radical (unpaired) electrons. The Balaban J connectivity index is 2.73. The lowest BCUT2D eigenvalue weighted by Gasteiger charge is -2.17. The molecule has 0 aliphatic heterocycles. The van der Waals surface area contributed by atoms with Gasteiger partial charge in [0.05, 0.1) is 17.1 Å². The second-order valence-corrected chi connectivity index (χ2v) is 4.88. The molecule has 2 N–H and O–H groups in total. The van der Waals surface area contributed by atoms with E-state index in [0.29, 0.717) is 12.6 Å². The third-order valence-corrected chi connectivity index (χ3v) is 3.06. The monoisotopic (exact) mass is 316 g/mol. The van der Waals surface area contributed by atoms with Crippen LogP contribution in [-0.4, -0.2) is 36.3 Å². The van der Waals surface area contributed by atoms with E-state index in [2.05, 4.69) is 50.4 Å². The first-order valence-corrected chi connectivity index (χ1v) is 7.02. The fourth-order valence-corrected chi connectivity index (χ4v) is 1.75. The molecule has 0 saturated carbocycles. The lowest BCUT2D eigenvalue weighted by atomic mass is 10.2. The molecular weight excluding hydrogens is 296 g/mol. The third kappa shape index (κ3) is 4.78. The van der Waals surface area contributed by atoms with Gasteiger partial charge >= 0.3 is 0 Å². The molecule has 1 aromatic rings. The molecule has 0 saturated heterocycles. The number of halogens is 1. The number of hydrogen-bond donors (Lipinski definition) is 2. The van der Waals surface area contributed by atoms with E-state index in [0.717, 1.165) is 29.7 Å². The molecule has 1 rings (SSSR count). The first kappa shape index (κ1) is 15.2. The molecule has 0 aliphatic carbocycles. The number of aromatic nitrogens is 2. The number of ether oxygens (including phenoxy) is 1. The van der Waals surface area contributed by atoms with E-state index in [1.807, 2.05) is 0 Å². The predicted octanol–water partition coefficient (Wildman–Crippen LogP) is 2.90. The molecule has 1 aromatic heterocycles. The van der Waals surface area contributed by atoms with Crippen molar-refractivity contribution in [3.8, 4) is 0 Å². The first-order valence-electron chi connectivity index (χ1n) is 6.23. The number of hydrogen-bond acceptors (Lipinski definition) is 5. The summed E-state index contributed by atoms with van der Waals surface area (Å²) in [6.45, 7) is 5.75. The largest absolute Gasteiger partial charge is 0.383 e. The van der Waals surface area contributed by atoms with Gasteiger partial charge in [0.2, 0.25) is 5.95 Å². The van der Waals surface area contributed by atoms with Crippen LogP contribution in [0.2, 0.25) is 0 Å². The summed E-state index contributed by atoms with van der Waals surface area (Å²) in [5, 5.41) is 6.52. The van der Waals surface area contributed by atoms with E-state index in [4.69, 9.17) is 4.74 Å². The summed E-state index contributed by atoms with van der Waals surface area (Å²) in [7, 11) is 1.70. The molecule has 1 unspecified atom stereocenters. The molecule has 0 spiro atoms. The van der Waals surface area contributed by atoms with Crippen molar-refractivity contribution in [2.24, 2.45) is 0 Å². The van der Waals surface area contributed by atoms with Crippen LogP contribution in [0.5, 0.6) is 0 Å².